The lowest BCUT2D eigenvalue weighted by molar-refractivity contribution is -0.128. The maximum atomic E-state index is 13.0. The van der Waals surface area contributed by atoms with Crippen molar-refractivity contribution in [2.24, 2.45) is 11.3 Å². The van der Waals surface area contributed by atoms with Crippen molar-refractivity contribution in [3.63, 3.8) is 0 Å². The third-order valence-corrected chi connectivity index (χ3v) is 9.07. The van der Waals surface area contributed by atoms with Gasteiger partial charge in [0.1, 0.15) is 9.97 Å². The zero-order valence-electron chi connectivity index (χ0n) is 15.1. The Balaban J connectivity index is 1.55. The van der Waals surface area contributed by atoms with Gasteiger partial charge in [0, 0.05) is 13.1 Å². The monoisotopic (exact) mass is 408 g/mol. The van der Waals surface area contributed by atoms with E-state index in [2.05, 4.69) is 5.32 Å². The molecule has 146 valence electrons. The molecule has 27 heavy (non-hydrogen) atoms. The molecule has 4 rings (SSSR count). The number of carbonyl (C=O) groups is 1. The zero-order chi connectivity index (χ0) is 18.9. The summed E-state index contributed by atoms with van der Waals surface area (Å²) in [7, 11) is -3.54. The quantitative estimate of drug-likeness (QED) is 0.824. The summed E-state index contributed by atoms with van der Waals surface area (Å²) in [5.74, 6) is 0.307. The topological polar surface area (TPSA) is 79.6 Å². The van der Waals surface area contributed by atoms with Gasteiger partial charge in [-0.2, -0.15) is 4.31 Å². The second kappa shape index (κ2) is 7.41. The predicted molar refractivity (Wildman–Crippen MR) is 103 cm³/mol. The van der Waals surface area contributed by atoms with Crippen LogP contribution in [-0.4, -0.2) is 31.7 Å². The Bertz CT molecular complexity index is 869. The Labute approximate surface area is 163 Å². The number of furan rings is 1. The Morgan fingerprint density at radius 2 is 2.07 bits per heavy atom. The molecule has 1 N–H and O–H groups in total. The van der Waals surface area contributed by atoms with E-state index < -0.39 is 10.0 Å². The van der Waals surface area contributed by atoms with E-state index in [9.17, 15) is 13.2 Å². The SMILES string of the molecule is O=C(NCc1ccco1)[C@@H]1CN(S(=O)(=O)c2cccs2)CC12CCCCC2. The maximum absolute atomic E-state index is 13.0. The van der Waals surface area contributed by atoms with Crippen molar-refractivity contribution in [3.8, 4) is 0 Å². The van der Waals surface area contributed by atoms with E-state index in [4.69, 9.17) is 4.42 Å². The van der Waals surface area contributed by atoms with Gasteiger partial charge < -0.3 is 9.73 Å². The van der Waals surface area contributed by atoms with E-state index in [1.165, 1.54) is 15.6 Å². The van der Waals surface area contributed by atoms with Crippen LogP contribution in [-0.2, 0) is 21.4 Å². The molecule has 2 fully saturated rings. The molecule has 0 radical (unpaired) electrons. The number of nitrogens with one attached hydrogen (secondary N) is 1. The molecule has 2 aromatic heterocycles. The number of sulfonamides is 1. The van der Waals surface area contributed by atoms with Crippen LogP contribution >= 0.6 is 11.3 Å². The number of amides is 1. The first-order chi connectivity index (χ1) is 13.0. The van der Waals surface area contributed by atoms with Crippen LogP contribution in [0.1, 0.15) is 37.9 Å². The molecule has 0 bridgehead atoms. The summed E-state index contributed by atoms with van der Waals surface area (Å²) in [5, 5.41) is 4.72. The second-order valence-electron chi connectivity index (χ2n) is 7.50. The molecule has 1 aliphatic heterocycles. The largest absolute Gasteiger partial charge is 0.467 e. The van der Waals surface area contributed by atoms with Crippen molar-refractivity contribution < 1.29 is 17.6 Å². The van der Waals surface area contributed by atoms with E-state index in [-0.39, 0.29) is 23.8 Å². The van der Waals surface area contributed by atoms with Crippen LogP contribution < -0.4 is 5.32 Å². The van der Waals surface area contributed by atoms with Crippen LogP contribution in [0.4, 0.5) is 0 Å². The molecule has 1 saturated heterocycles. The van der Waals surface area contributed by atoms with Crippen LogP contribution in [0.25, 0.3) is 0 Å². The van der Waals surface area contributed by atoms with E-state index in [1.54, 1.807) is 29.8 Å². The van der Waals surface area contributed by atoms with Gasteiger partial charge in [-0.3, -0.25) is 4.79 Å². The highest BCUT2D eigenvalue weighted by Crippen LogP contribution is 2.49. The number of thiophene rings is 1. The molecule has 6 nitrogen and oxygen atoms in total. The molecular formula is C19H24N2O4S2. The number of hydrogen-bond donors (Lipinski definition) is 1. The summed E-state index contributed by atoms with van der Waals surface area (Å²) in [4.78, 5) is 13.0. The van der Waals surface area contributed by atoms with Gasteiger partial charge in [-0.25, -0.2) is 8.42 Å². The Hall–Kier alpha value is -1.64. The molecule has 1 amide bonds. The molecule has 3 heterocycles. The average molecular weight is 409 g/mol. The summed E-state index contributed by atoms with van der Waals surface area (Å²) in [6.45, 7) is 1.02. The van der Waals surface area contributed by atoms with Crippen molar-refractivity contribution >= 4 is 27.3 Å². The van der Waals surface area contributed by atoms with Crippen molar-refractivity contribution in [2.75, 3.05) is 13.1 Å². The normalized spacial score (nSPS) is 22.9. The molecule has 1 spiro atoms. The Kier molecular flexibility index (Phi) is 5.13. The summed E-state index contributed by atoms with van der Waals surface area (Å²) in [6, 6.07) is 6.99. The standard InChI is InChI=1S/C19H24N2O4S2/c22-18(20-12-15-6-4-10-25-15)16-13-21(14-19(16)8-2-1-3-9-19)27(23,24)17-7-5-11-26-17/h4-7,10-11,16H,1-3,8-9,12-14H2,(H,20,22)/t16-/m0/s1. The van der Waals surface area contributed by atoms with Crippen molar-refractivity contribution in [1.29, 1.82) is 0 Å². The third-order valence-electron chi connectivity index (χ3n) is 5.89. The minimum atomic E-state index is -3.54. The molecule has 1 aliphatic carbocycles. The molecular weight excluding hydrogens is 384 g/mol. The smallest absolute Gasteiger partial charge is 0.252 e. The number of rotatable bonds is 5. The van der Waals surface area contributed by atoms with Gasteiger partial charge in [0.2, 0.25) is 5.91 Å². The average Bonchev–Trinajstić information content (AvgIpc) is 3.42. The van der Waals surface area contributed by atoms with Crippen molar-refractivity contribution in [2.45, 2.75) is 42.9 Å². The lowest BCUT2D eigenvalue weighted by atomic mass is 9.67. The van der Waals surface area contributed by atoms with Gasteiger partial charge in [0.15, 0.2) is 0 Å². The molecule has 8 heteroatoms. The molecule has 0 unspecified atom stereocenters. The van der Waals surface area contributed by atoms with Crippen LogP contribution in [0.3, 0.4) is 0 Å². The number of carbonyl (C=O) groups excluding carboxylic acids is 1. The Morgan fingerprint density at radius 1 is 1.26 bits per heavy atom. The summed E-state index contributed by atoms with van der Waals surface area (Å²) in [6.07, 6.45) is 6.64. The molecule has 2 aromatic rings. The van der Waals surface area contributed by atoms with Crippen molar-refractivity contribution in [1.82, 2.24) is 9.62 Å². The lowest BCUT2D eigenvalue weighted by Gasteiger charge is -2.37. The first-order valence-corrected chi connectivity index (χ1v) is 11.7. The van der Waals surface area contributed by atoms with Gasteiger partial charge >= 0.3 is 0 Å². The lowest BCUT2D eigenvalue weighted by Crippen LogP contribution is -2.42. The molecule has 0 aromatic carbocycles. The predicted octanol–water partition coefficient (Wildman–Crippen LogP) is 3.23. The highest BCUT2D eigenvalue weighted by Gasteiger charge is 2.53. The van der Waals surface area contributed by atoms with Gasteiger partial charge in [0.05, 0.1) is 18.7 Å². The first-order valence-electron chi connectivity index (χ1n) is 9.35. The fraction of sp³-hybridized carbons (Fsp3) is 0.526. The van der Waals surface area contributed by atoms with E-state index in [0.29, 0.717) is 23.1 Å². The van der Waals surface area contributed by atoms with Crippen LogP contribution in [0.15, 0.2) is 44.5 Å². The van der Waals surface area contributed by atoms with Crippen LogP contribution in [0, 0.1) is 11.3 Å². The fourth-order valence-electron chi connectivity index (χ4n) is 4.48. The van der Waals surface area contributed by atoms with Crippen LogP contribution in [0.2, 0.25) is 0 Å². The second-order valence-corrected chi connectivity index (χ2v) is 10.6. The first kappa shape index (κ1) is 18.7. The van der Waals surface area contributed by atoms with Gasteiger partial charge in [-0.1, -0.05) is 25.3 Å². The van der Waals surface area contributed by atoms with Gasteiger partial charge in [0.25, 0.3) is 10.0 Å². The highest BCUT2D eigenvalue weighted by atomic mass is 32.2. The molecule has 2 aliphatic rings. The fourth-order valence-corrected chi connectivity index (χ4v) is 7.17. The zero-order valence-corrected chi connectivity index (χ0v) is 16.7. The van der Waals surface area contributed by atoms with E-state index in [0.717, 1.165) is 32.1 Å². The van der Waals surface area contributed by atoms with Gasteiger partial charge in [-0.15, -0.1) is 11.3 Å². The maximum Gasteiger partial charge on any atom is 0.252 e. The van der Waals surface area contributed by atoms with Gasteiger partial charge in [-0.05, 0) is 41.8 Å². The van der Waals surface area contributed by atoms with E-state index >= 15 is 0 Å². The summed E-state index contributed by atoms with van der Waals surface area (Å²) >= 11 is 1.23. The Morgan fingerprint density at radius 3 is 2.74 bits per heavy atom. The number of hydrogen-bond acceptors (Lipinski definition) is 5. The minimum absolute atomic E-state index is 0.0721. The summed E-state index contributed by atoms with van der Waals surface area (Å²) in [5.41, 5.74) is -0.254. The number of nitrogens with zero attached hydrogens (tertiary/aromatic N) is 1. The molecule has 1 atom stereocenters. The third kappa shape index (κ3) is 3.58. The summed E-state index contributed by atoms with van der Waals surface area (Å²) < 4.78 is 33.2. The minimum Gasteiger partial charge on any atom is -0.467 e. The molecule has 1 saturated carbocycles. The van der Waals surface area contributed by atoms with Crippen LogP contribution in [0.5, 0.6) is 0 Å². The highest BCUT2D eigenvalue weighted by molar-refractivity contribution is 7.91. The van der Waals surface area contributed by atoms with E-state index in [1.807, 2.05) is 6.07 Å². The van der Waals surface area contributed by atoms with Crippen molar-refractivity contribution in [3.05, 3.63) is 41.7 Å².